The summed E-state index contributed by atoms with van der Waals surface area (Å²) in [4.78, 5) is 18.1. The van der Waals surface area contributed by atoms with Gasteiger partial charge in [-0.1, -0.05) is 23.2 Å². The van der Waals surface area contributed by atoms with Crippen LogP contribution < -0.4 is 4.90 Å². The van der Waals surface area contributed by atoms with E-state index >= 15 is 0 Å². The third-order valence-electron chi connectivity index (χ3n) is 3.08. The molecular weight excluding hydrogens is 337 g/mol. The summed E-state index contributed by atoms with van der Waals surface area (Å²) < 4.78 is 5.06. The van der Waals surface area contributed by atoms with Gasteiger partial charge in [-0.15, -0.1) is 0 Å². The van der Waals surface area contributed by atoms with Crippen LogP contribution in [-0.2, 0) is 4.74 Å². The Morgan fingerprint density at radius 2 is 1.87 bits per heavy atom. The number of aromatic nitrogens is 1. The average molecular weight is 350 g/mol. The molecule has 0 atom stereocenters. The molecule has 2 aromatic rings. The lowest BCUT2D eigenvalue weighted by Crippen LogP contribution is -2.34. The number of ether oxygens (including phenoxy) is 1. The van der Waals surface area contributed by atoms with E-state index in [0.717, 1.165) is 0 Å². The topological polar surface area (TPSA) is 66.2 Å². The molecule has 0 aliphatic rings. The summed E-state index contributed by atoms with van der Waals surface area (Å²) >= 11 is 11.7. The molecular formula is C16H13Cl2N3O2. The number of methoxy groups -OCH3 is 1. The molecule has 1 heterocycles. The highest BCUT2D eigenvalue weighted by Crippen LogP contribution is 2.21. The van der Waals surface area contributed by atoms with Crippen molar-refractivity contribution in [3.63, 3.8) is 0 Å². The maximum atomic E-state index is 12.8. The van der Waals surface area contributed by atoms with E-state index in [1.54, 1.807) is 31.4 Å². The predicted octanol–water partition coefficient (Wildman–Crippen LogP) is 3.55. The number of nitriles is 1. The Labute approximate surface area is 144 Å². The first-order valence-corrected chi connectivity index (χ1v) is 7.45. The van der Waals surface area contributed by atoms with Crippen LogP contribution in [0.25, 0.3) is 0 Å². The van der Waals surface area contributed by atoms with Gasteiger partial charge in [-0.3, -0.25) is 4.79 Å². The Bertz CT molecular complexity index is 722. The number of pyridine rings is 1. The SMILES string of the molecule is COCCN(C(=O)c1cc(Cl)nc(Cl)c1)c1ccc(C#N)cc1. The van der Waals surface area contributed by atoms with Crippen LogP contribution in [0.2, 0.25) is 10.3 Å². The van der Waals surface area contributed by atoms with Crippen LogP contribution in [0.3, 0.4) is 0 Å². The maximum absolute atomic E-state index is 12.8. The van der Waals surface area contributed by atoms with Crippen molar-refractivity contribution in [3.8, 4) is 6.07 Å². The Hall–Kier alpha value is -2.13. The molecule has 0 bridgehead atoms. The molecule has 0 saturated carbocycles. The van der Waals surface area contributed by atoms with Crippen molar-refractivity contribution in [3.05, 3.63) is 57.8 Å². The first kappa shape index (κ1) is 17.2. The lowest BCUT2D eigenvalue weighted by atomic mass is 10.1. The maximum Gasteiger partial charge on any atom is 0.258 e. The van der Waals surface area contributed by atoms with Crippen LogP contribution >= 0.6 is 23.2 Å². The zero-order chi connectivity index (χ0) is 16.8. The van der Waals surface area contributed by atoms with Crippen LogP contribution in [-0.4, -0.2) is 31.2 Å². The highest BCUT2D eigenvalue weighted by molar-refractivity contribution is 6.33. The highest BCUT2D eigenvalue weighted by atomic mass is 35.5. The number of amides is 1. The summed E-state index contributed by atoms with van der Waals surface area (Å²) in [5, 5.41) is 9.16. The molecule has 0 aliphatic heterocycles. The van der Waals surface area contributed by atoms with Gasteiger partial charge in [0.2, 0.25) is 0 Å². The highest BCUT2D eigenvalue weighted by Gasteiger charge is 2.19. The number of benzene rings is 1. The molecule has 0 radical (unpaired) electrons. The van der Waals surface area contributed by atoms with Crippen LogP contribution in [0.5, 0.6) is 0 Å². The largest absolute Gasteiger partial charge is 0.383 e. The van der Waals surface area contributed by atoms with E-state index < -0.39 is 0 Å². The van der Waals surface area contributed by atoms with Crippen LogP contribution in [0.4, 0.5) is 5.69 Å². The minimum Gasteiger partial charge on any atom is -0.383 e. The quantitative estimate of drug-likeness (QED) is 0.774. The van der Waals surface area contributed by atoms with Crippen molar-refractivity contribution in [2.24, 2.45) is 0 Å². The number of nitrogens with zero attached hydrogens (tertiary/aromatic N) is 3. The number of carbonyl (C=O) groups is 1. The standard InChI is InChI=1S/C16H13Cl2N3O2/c1-23-7-6-21(13-4-2-11(10-19)3-5-13)16(22)12-8-14(17)20-15(18)9-12/h2-5,8-9H,6-7H2,1H3. The molecule has 5 nitrogen and oxygen atoms in total. The monoisotopic (exact) mass is 349 g/mol. The fraction of sp³-hybridized carbons (Fsp3) is 0.188. The van der Waals surface area contributed by atoms with E-state index in [1.165, 1.54) is 17.0 Å². The Balaban J connectivity index is 2.36. The molecule has 118 valence electrons. The molecule has 1 aromatic carbocycles. The Morgan fingerprint density at radius 1 is 1.26 bits per heavy atom. The van der Waals surface area contributed by atoms with Gasteiger partial charge in [-0.2, -0.15) is 5.26 Å². The first-order chi connectivity index (χ1) is 11.0. The lowest BCUT2D eigenvalue weighted by molar-refractivity contribution is 0.0976. The van der Waals surface area contributed by atoms with E-state index in [0.29, 0.717) is 30.0 Å². The molecule has 0 saturated heterocycles. The van der Waals surface area contributed by atoms with Gasteiger partial charge in [0, 0.05) is 24.9 Å². The molecule has 1 amide bonds. The summed E-state index contributed by atoms with van der Waals surface area (Å²) in [7, 11) is 1.56. The average Bonchev–Trinajstić information content (AvgIpc) is 2.54. The van der Waals surface area contributed by atoms with Gasteiger partial charge in [-0.05, 0) is 36.4 Å². The number of halogens is 2. The molecule has 0 aliphatic carbocycles. The second-order valence-electron chi connectivity index (χ2n) is 4.61. The van der Waals surface area contributed by atoms with Crippen LogP contribution in [0.1, 0.15) is 15.9 Å². The van der Waals surface area contributed by atoms with Gasteiger partial charge in [0.1, 0.15) is 10.3 Å². The number of hydrogen-bond acceptors (Lipinski definition) is 4. The summed E-state index contributed by atoms with van der Waals surface area (Å²) in [5.41, 5.74) is 1.49. The summed E-state index contributed by atoms with van der Waals surface area (Å²) in [6.07, 6.45) is 0. The minimum atomic E-state index is -0.280. The van der Waals surface area contributed by atoms with Crippen molar-refractivity contribution in [1.82, 2.24) is 4.98 Å². The van der Waals surface area contributed by atoms with Gasteiger partial charge in [0.05, 0.1) is 18.2 Å². The zero-order valence-electron chi connectivity index (χ0n) is 12.3. The molecule has 2 rings (SSSR count). The fourth-order valence-corrected chi connectivity index (χ4v) is 2.45. The Morgan fingerprint density at radius 3 is 2.39 bits per heavy atom. The van der Waals surface area contributed by atoms with E-state index in [1.807, 2.05) is 6.07 Å². The molecule has 23 heavy (non-hydrogen) atoms. The van der Waals surface area contributed by atoms with E-state index in [4.69, 9.17) is 33.2 Å². The van der Waals surface area contributed by atoms with Crippen LogP contribution in [0, 0.1) is 11.3 Å². The smallest absolute Gasteiger partial charge is 0.258 e. The minimum absolute atomic E-state index is 0.146. The van der Waals surface area contributed by atoms with Gasteiger partial charge in [0.15, 0.2) is 0 Å². The molecule has 0 spiro atoms. The van der Waals surface area contributed by atoms with Gasteiger partial charge < -0.3 is 9.64 Å². The van der Waals surface area contributed by atoms with Gasteiger partial charge >= 0.3 is 0 Å². The number of hydrogen-bond donors (Lipinski definition) is 0. The summed E-state index contributed by atoms with van der Waals surface area (Å²) in [5.74, 6) is -0.280. The fourth-order valence-electron chi connectivity index (χ4n) is 1.99. The number of rotatable bonds is 5. The molecule has 7 heteroatoms. The van der Waals surface area contributed by atoms with Crippen molar-refractivity contribution in [2.45, 2.75) is 0 Å². The van der Waals surface area contributed by atoms with E-state index in [2.05, 4.69) is 4.98 Å². The van der Waals surface area contributed by atoms with Crippen molar-refractivity contribution in [1.29, 1.82) is 5.26 Å². The van der Waals surface area contributed by atoms with Gasteiger partial charge in [-0.25, -0.2) is 4.98 Å². The van der Waals surface area contributed by atoms with Crippen molar-refractivity contribution < 1.29 is 9.53 Å². The third-order valence-corrected chi connectivity index (χ3v) is 3.47. The number of carbonyl (C=O) groups excluding carboxylic acids is 1. The van der Waals surface area contributed by atoms with E-state index in [-0.39, 0.29) is 16.2 Å². The normalized spacial score (nSPS) is 10.2. The second kappa shape index (κ2) is 7.93. The summed E-state index contributed by atoms with van der Waals surface area (Å²) in [6, 6.07) is 11.7. The Kier molecular flexibility index (Phi) is 5.94. The predicted molar refractivity (Wildman–Crippen MR) is 89.0 cm³/mol. The first-order valence-electron chi connectivity index (χ1n) is 6.69. The van der Waals surface area contributed by atoms with Crippen molar-refractivity contribution >= 4 is 34.8 Å². The number of anilines is 1. The molecule has 0 fully saturated rings. The van der Waals surface area contributed by atoms with Gasteiger partial charge in [0.25, 0.3) is 5.91 Å². The molecule has 1 aromatic heterocycles. The third kappa shape index (κ3) is 4.42. The van der Waals surface area contributed by atoms with E-state index in [9.17, 15) is 4.79 Å². The summed E-state index contributed by atoms with van der Waals surface area (Å²) in [6.45, 7) is 0.705. The van der Waals surface area contributed by atoms with Crippen LogP contribution in [0.15, 0.2) is 36.4 Å². The molecule has 0 unspecified atom stereocenters. The zero-order valence-corrected chi connectivity index (χ0v) is 13.8. The van der Waals surface area contributed by atoms with Crippen molar-refractivity contribution in [2.75, 3.05) is 25.2 Å². The second-order valence-corrected chi connectivity index (χ2v) is 5.38. The lowest BCUT2D eigenvalue weighted by Gasteiger charge is -2.23. The molecule has 0 N–H and O–H groups in total.